The second-order valence-electron chi connectivity index (χ2n) is 5.72. The molecule has 8 heteroatoms. The molecule has 0 saturated heterocycles. The van der Waals surface area contributed by atoms with Crippen LogP contribution in [0.4, 0.5) is 13.2 Å². The highest BCUT2D eigenvalue weighted by molar-refractivity contribution is 9.10. The first-order valence-corrected chi connectivity index (χ1v) is 10.3. The molecule has 1 nitrogen and oxygen atoms in total. The molecule has 0 aliphatic carbocycles. The zero-order chi connectivity index (χ0) is 19.1. The highest BCUT2D eigenvalue weighted by atomic mass is 79.9. The Morgan fingerprint density at radius 2 is 1.85 bits per heavy atom. The van der Waals surface area contributed by atoms with Gasteiger partial charge in [0.15, 0.2) is 0 Å². The molecule has 0 saturated carbocycles. The van der Waals surface area contributed by atoms with E-state index in [1.165, 1.54) is 35.2 Å². The van der Waals surface area contributed by atoms with Crippen LogP contribution >= 0.6 is 51.2 Å². The zero-order valence-electron chi connectivity index (χ0n) is 13.7. The molecule has 26 heavy (non-hydrogen) atoms. The summed E-state index contributed by atoms with van der Waals surface area (Å²) >= 11 is 11.7. The van der Waals surface area contributed by atoms with Crippen molar-refractivity contribution in [2.75, 3.05) is 14.1 Å². The predicted molar refractivity (Wildman–Crippen MR) is 112 cm³/mol. The first kappa shape index (κ1) is 19.7. The lowest BCUT2D eigenvalue weighted by molar-refractivity contribution is -0.137. The number of thioether (sulfide) groups is 1. The highest BCUT2D eigenvalue weighted by Gasteiger charge is 2.31. The molecule has 136 valence electrons. The number of nitrogens with zero attached hydrogens (tertiary/aromatic N) is 1. The lowest BCUT2D eigenvalue weighted by Crippen LogP contribution is -2.15. The normalized spacial score (nSPS) is 11.8. The fourth-order valence-corrected chi connectivity index (χ4v) is 5.55. The van der Waals surface area contributed by atoms with E-state index in [0.717, 1.165) is 25.9 Å². The molecule has 3 rings (SSSR count). The number of hydrogen-bond acceptors (Lipinski definition) is 3. The number of benzene rings is 2. The number of hydrogen-bond donors (Lipinski definition) is 0. The Bertz CT molecular complexity index is 979. The smallest absolute Gasteiger partial charge is 0.363 e. The third kappa shape index (κ3) is 3.93. The largest absolute Gasteiger partial charge is 0.416 e. The average Bonchev–Trinajstić information content (AvgIpc) is 2.92. The Balaban J connectivity index is 2.25. The summed E-state index contributed by atoms with van der Waals surface area (Å²) in [7, 11) is 3.70. The fraction of sp³-hybridized carbons (Fsp3) is 0.167. The molecule has 1 aromatic heterocycles. The van der Waals surface area contributed by atoms with Crippen LogP contribution in [0, 0.1) is 0 Å². The van der Waals surface area contributed by atoms with Crippen molar-refractivity contribution >= 4 is 65.7 Å². The van der Waals surface area contributed by atoms with Crippen LogP contribution in [-0.4, -0.2) is 23.3 Å². The standard InChI is InChI=1S/C18H13BrF3NS3/c1-23(2)17(24)26-16-15(11-5-3-4-6-14(11)25-16)12-9-10(18(20,21)22)7-8-13(12)19/h3-9H,1-2H3. The maximum absolute atomic E-state index is 13.2. The Morgan fingerprint density at radius 3 is 2.50 bits per heavy atom. The van der Waals surface area contributed by atoms with Gasteiger partial charge in [0.25, 0.3) is 0 Å². The highest BCUT2D eigenvalue weighted by Crippen LogP contribution is 2.47. The number of rotatable bonds is 2. The molecular weight excluding hydrogens is 463 g/mol. The quantitative estimate of drug-likeness (QED) is 0.283. The number of halogens is 4. The second-order valence-corrected chi connectivity index (χ2v) is 9.52. The van der Waals surface area contributed by atoms with Gasteiger partial charge in [0.05, 0.1) is 9.77 Å². The van der Waals surface area contributed by atoms with Gasteiger partial charge in [-0.05, 0) is 41.6 Å². The maximum atomic E-state index is 13.2. The first-order valence-electron chi connectivity index (χ1n) is 7.46. The summed E-state index contributed by atoms with van der Waals surface area (Å²) in [5.41, 5.74) is 0.622. The predicted octanol–water partition coefficient (Wildman–Crippen LogP) is 7.29. The molecule has 0 N–H and O–H groups in total. The maximum Gasteiger partial charge on any atom is 0.416 e. The van der Waals surface area contributed by atoms with Gasteiger partial charge in [-0.2, -0.15) is 13.2 Å². The monoisotopic (exact) mass is 475 g/mol. The van der Waals surface area contributed by atoms with Gasteiger partial charge >= 0.3 is 6.18 Å². The molecule has 0 aliphatic rings. The van der Waals surface area contributed by atoms with Gasteiger partial charge in [-0.25, -0.2) is 0 Å². The summed E-state index contributed by atoms with van der Waals surface area (Å²) in [6.45, 7) is 0. The van der Waals surface area contributed by atoms with Gasteiger partial charge in [-0.1, -0.05) is 46.3 Å². The summed E-state index contributed by atoms with van der Waals surface area (Å²) in [5.74, 6) is 0. The van der Waals surface area contributed by atoms with Crippen LogP contribution in [0.25, 0.3) is 21.2 Å². The SMILES string of the molecule is CN(C)C(=S)Sc1sc2ccccc2c1-c1cc(C(F)(F)F)ccc1Br. The molecule has 0 amide bonds. The molecule has 1 heterocycles. The molecule has 0 unspecified atom stereocenters. The fourth-order valence-electron chi connectivity index (χ4n) is 2.41. The van der Waals surface area contributed by atoms with Crippen molar-refractivity contribution in [3.63, 3.8) is 0 Å². The van der Waals surface area contributed by atoms with Crippen LogP contribution < -0.4 is 0 Å². The van der Waals surface area contributed by atoms with Crippen LogP contribution in [0.1, 0.15) is 5.56 Å². The zero-order valence-corrected chi connectivity index (χ0v) is 17.8. The van der Waals surface area contributed by atoms with E-state index >= 15 is 0 Å². The van der Waals surface area contributed by atoms with Crippen molar-refractivity contribution < 1.29 is 13.2 Å². The molecular formula is C18H13BrF3NS3. The minimum Gasteiger partial charge on any atom is -0.363 e. The van der Waals surface area contributed by atoms with Crippen molar-refractivity contribution in [1.82, 2.24) is 4.90 Å². The Labute approximate surface area is 171 Å². The van der Waals surface area contributed by atoms with Crippen molar-refractivity contribution in [2.24, 2.45) is 0 Å². The third-order valence-corrected chi connectivity index (χ3v) is 7.37. The van der Waals surface area contributed by atoms with Gasteiger partial charge in [-0.15, -0.1) is 11.3 Å². The van der Waals surface area contributed by atoms with Gasteiger partial charge in [0, 0.05) is 34.2 Å². The molecule has 0 radical (unpaired) electrons. The van der Waals surface area contributed by atoms with Crippen molar-refractivity contribution in [1.29, 1.82) is 0 Å². The summed E-state index contributed by atoms with van der Waals surface area (Å²) in [6, 6.07) is 11.4. The van der Waals surface area contributed by atoms with E-state index in [1.54, 1.807) is 0 Å². The van der Waals surface area contributed by atoms with Crippen LogP contribution in [0.15, 0.2) is 51.1 Å². The molecule has 0 bridgehead atoms. The van der Waals surface area contributed by atoms with Crippen LogP contribution in [0.5, 0.6) is 0 Å². The topological polar surface area (TPSA) is 3.24 Å². The van der Waals surface area contributed by atoms with Crippen molar-refractivity contribution in [3.8, 4) is 11.1 Å². The van der Waals surface area contributed by atoms with E-state index in [-0.39, 0.29) is 0 Å². The summed E-state index contributed by atoms with van der Waals surface area (Å²) in [6.07, 6.45) is -4.40. The minimum absolute atomic E-state index is 0.515. The Morgan fingerprint density at radius 1 is 1.15 bits per heavy atom. The van der Waals surface area contributed by atoms with E-state index in [0.29, 0.717) is 14.4 Å². The molecule has 2 aromatic carbocycles. The lowest BCUT2D eigenvalue weighted by Gasteiger charge is -2.14. The number of thiocarbonyl (C=S) groups is 1. The van der Waals surface area contributed by atoms with Gasteiger partial charge in [-0.3, -0.25) is 0 Å². The lowest BCUT2D eigenvalue weighted by atomic mass is 10.0. The van der Waals surface area contributed by atoms with Crippen molar-refractivity contribution in [2.45, 2.75) is 10.4 Å². The second kappa shape index (κ2) is 7.50. The van der Waals surface area contributed by atoms with Gasteiger partial charge in [0.2, 0.25) is 0 Å². The van der Waals surface area contributed by atoms with Crippen molar-refractivity contribution in [3.05, 3.63) is 52.5 Å². The summed E-state index contributed by atoms with van der Waals surface area (Å²) in [5, 5.41) is 0.918. The van der Waals surface area contributed by atoms with Gasteiger partial charge in [0.1, 0.15) is 4.32 Å². The molecule has 0 spiro atoms. The van der Waals surface area contributed by atoms with Crippen LogP contribution in [0.3, 0.4) is 0 Å². The number of thiophene rings is 1. The Hall–Kier alpha value is -1.09. The van der Waals surface area contributed by atoms with Crippen LogP contribution in [0.2, 0.25) is 0 Å². The summed E-state index contributed by atoms with van der Waals surface area (Å²) < 4.78 is 42.8. The van der Waals surface area contributed by atoms with E-state index in [4.69, 9.17) is 12.2 Å². The van der Waals surface area contributed by atoms with Gasteiger partial charge < -0.3 is 4.90 Å². The molecule has 0 atom stereocenters. The molecule has 0 aliphatic heterocycles. The minimum atomic E-state index is -4.40. The third-order valence-electron chi connectivity index (χ3n) is 3.67. The first-order chi connectivity index (χ1) is 12.2. The average molecular weight is 476 g/mol. The number of alkyl halides is 3. The van der Waals surface area contributed by atoms with E-state index in [1.807, 2.05) is 43.3 Å². The Kier molecular flexibility index (Phi) is 5.67. The molecule has 0 fully saturated rings. The van der Waals surface area contributed by atoms with Crippen LogP contribution in [-0.2, 0) is 6.18 Å². The molecule has 3 aromatic rings. The van der Waals surface area contributed by atoms with E-state index < -0.39 is 11.7 Å². The summed E-state index contributed by atoms with van der Waals surface area (Å²) in [4.78, 5) is 1.81. The van der Waals surface area contributed by atoms with E-state index in [2.05, 4.69) is 15.9 Å². The number of fused-ring (bicyclic) bond motifs is 1. The van der Waals surface area contributed by atoms with E-state index in [9.17, 15) is 13.2 Å².